The van der Waals surface area contributed by atoms with Gasteiger partial charge in [-0.15, -0.1) is 0 Å². The van der Waals surface area contributed by atoms with Crippen LogP contribution in [-0.4, -0.2) is 43.6 Å². The minimum Gasteiger partial charge on any atom is -0.396 e. The summed E-state index contributed by atoms with van der Waals surface area (Å²) in [4.78, 5) is 0.362. The van der Waals surface area contributed by atoms with Gasteiger partial charge < -0.3 is 10.4 Å². The molecule has 0 bridgehead atoms. The van der Waals surface area contributed by atoms with Crippen LogP contribution in [0.1, 0.15) is 31.2 Å². The van der Waals surface area contributed by atoms with Gasteiger partial charge in [-0.3, -0.25) is 0 Å². The first-order chi connectivity index (χ1) is 10.1. The highest BCUT2D eigenvalue weighted by atomic mass is 32.2. The van der Waals surface area contributed by atoms with Gasteiger partial charge in [-0.25, -0.2) is 8.42 Å². The third-order valence-electron chi connectivity index (χ3n) is 4.43. The minimum absolute atomic E-state index is 0.0302. The van der Waals surface area contributed by atoms with E-state index in [0.717, 1.165) is 37.9 Å². The van der Waals surface area contributed by atoms with Crippen LogP contribution in [0, 0.1) is 0 Å². The molecule has 1 fully saturated rings. The van der Waals surface area contributed by atoms with E-state index in [4.69, 9.17) is 5.11 Å². The Morgan fingerprint density at radius 1 is 1.33 bits per heavy atom. The monoisotopic (exact) mass is 310 g/mol. The van der Waals surface area contributed by atoms with E-state index in [-0.39, 0.29) is 12.6 Å². The Balaban J connectivity index is 1.91. The summed E-state index contributed by atoms with van der Waals surface area (Å²) in [6, 6.07) is 5.30. The summed E-state index contributed by atoms with van der Waals surface area (Å²) in [5.74, 6) is 0. The summed E-state index contributed by atoms with van der Waals surface area (Å²) in [5.41, 5.74) is 2.12. The molecule has 3 rings (SSSR count). The van der Waals surface area contributed by atoms with Gasteiger partial charge in [-0.05, 0) is 43.4 Å². The number of anilines is 1. The van der Waals surface area contributed by atoms with Crippen molar-refractivity contribution in [2.45, 2.75) is 43.0 Å². The molecule has 0 spiro atoms. The Bertz CT molecular complexity index is 613. The van der Waals surface area contributed by atoms with Crippen LogP contribution < -0.4 is 5.32 Å². The summed E-state index contributed by atoms with van der Waals surface area (Å²) in [5, 5.41) is 12.4. The van der Waals surface area contributed by atoms with Crippen molar-refractivity contribution in [1.29, 1.82) is 0 Å². The van der Waals surface area contributed by atoms with Gasteiger partial charge in [0.1, 0.15) is 0 Å². The van der Waals surface area contributed by atoms with Gasteiger partial charge >= 0.3 is 0 Å². The van der Waals surface area contributed by atoms with Gasteiger partial charge in [0.15, 0.2) is 0 Å². The third-order valence-corrected chi connectivity index (χ3v) is 6.38. The molecule has 0 saturated carbocycles. The van der Waals surface area contributed by atoms with E-state index in [2.05, 4.69) is 5.32 Å². The van der Waals surface area contributed by atoms with Crippen molar-refractivity contribution < 1.29 is 13.5 Å². The van der Waals surface area contributed by atoms with E-state index >= 15 is 0 Å². The molecule has 0 amide bonds. The standard InChI is InChI=1S/C15H22N2O3S/c18-10-7-13-3-1-2-9-17(13)21(19,20)14-5-4-12-6-8-16-15(12)11-14/h4-5,11,13,16,18H,1-3,6-10H2. The first-order valence-corrected chi connectivity index (χ1v) is 9.06. The van der Waals surface area contributed by atoms with E-state index in [0.29, 0.717) is 17.9 Å². The van der Waals surface area contributed by atoms with Crippen molar-refractivity contribution in [3.8, 4) is 0 Å². The lowest BCUT2D eigenvalue weighted by atomic mass is 10.0. The van der Waals surface area contributed by atoms with Gasteiger partial charge in [0.2, 0.25) is 10.0 Å². The largest absolute Gasteiger partial charge is 0.396 e. The van der Waals surface area contributed by atoms with Crippen molar-refractivity contribution in [2.24, 2.45) is 0 Å². The average Bonchev–Trinajstić information content (AvgIpc) is 2.95. The second kappa shape index (κ2) is 5.94. The second-order valence-electron chi connectivity index (χ2n) is 5.77. The molecule has 2 N–H and O–H groups in total. The lowest BCUT2D eigenvalue weighted by molar-refractivity contribution is 0.192. The van der Waals surface area contributed by atoms with Crippen LogP contribution in [0.2, 0.25) is 0 Å². The number of nitrogens with one attached hydrogen (secondary N) is 1. The molecule has 0 radical (unpaired) electrons. The number of aliphatic hydroxyl groups excluding tert-OH is 1. The molecule has 2 heterocycles. The number of fused-ring (bicyclic) bond motifs is 1. The highest BCUT2D eigenvalue weighted by Gasteiger charge is 2.33. The van der Waals surface area contributed by atoms with Crippen molar-refractivity contribution in [1.82, 2.24) is 4.31 Å². The zero-order valence-electron chi connectivity index (χ0n) is 12.1. The van der Waals surface area contributed by atoms with Crippen LogP contribution >= 0.6 is 0 Å². The van der Waals surface area contributed by atoms with Crippen molar-refractivity contribution >= 4 is 15.7 Å². The molecule has 2 aliphatic heterocycles. The number of rotatable bonds is 4. The van der Waals surface area contributed by atoms with Gasteiger partial charge in [0.25, 0.3) is 0 Å². The second-order valence-corrected chi connectivity index (χ2v) is 7.66. The van der Waals surface area contributed by atoms with Gasteiger partial charge in [0, 0.05) is 31.4 Å². The van der Waals surface area contributed by atoms with Crippen molar-refractivity contribution in [3.63, 3.8) is 0 Å². The minimum atomic E-state index is -3.47. The molecule has 21 heavy (non-hydrogen) atoms. The van der Waals surface area contributed by atoms with Crippen LogP contribution in [0.25, 0.3) is 0 Å². The molecule has 1 unspecified atom stereocenters. The van der Waals surface area contributed by atoms with Gasteiger partial charge in [-0.2, -0.15) is 4.31 Å². The molecule has 0 aliphatic carbocycles. The quantitative estimate of drug-likeness (QED) is 0.886. The lowest BCUT2D eigenvalue weighted by Gasteiger charge is -2.34. The molecular formula is C15H22N2O3S. The molecule has 116 valence electrons. The van der Waals surface area contributed by atoms with Crippen LogP contribution in [0.4, 0.5) is 5.69 Å². The first-order valence-electron chi connectivity index (χ1n) is 7.62. The SMILES string of the molecule is O=S(=O)(c1ccc2c(c1)NCC2)N1CCCCC1CCO. The molecule has 1 aromatic carbocycles. The number of hydrogen-bond acceptors (Lipinski definition) is 4. The molecule has 0 aromatic heterocycles. The van der Waals surface area contributed by atoms with Gasteiger partial charge in [-0.1, -0.05) is 12.5 Å². The van der Waals surface area contributed by atoms with E-state index in [1.54, 1.807) is 16.4 Å². The maximum atomic E-state index is 12.9. The summed E-state index contributed by atoms with van der Waals surface area (Å²) in [6.07, 6.45) is 4.23. The summed E-state index contributed by atoms with van der Waals surface area (Å²) < 4.78 is 27.4. The fourth-order valence-corrected chi connectivity index (χ4v) is 5.04. The summed E-state index contributed by atoms with van der Waals surface area (Å²) in [6.45, 7) is 1.45. The molecule has 1 aromatic rings. The number of nitrogens with zero attached hydrogens (tertiary/aromatic N) is 1. The number of sulfonamides is 1. The molecule has 1 atom stereocenters. The third kappa shape index (κ3) is 2.80. The normalized spacial score (nSPS) is 22.8. The van der Waals surface area contributed by atoms with E-state index < -0.39 is 10.0 Å². The van der Waals surface area contributed by atoms with Crippen LogP contribution in [-0.2, 0) is 16.4 Å². The average molecular weight is 310 g/mol. The van der Waals surface area contributed by atoms with Crippen molar-refractivity contribution in [2.75, 3.05) is 25.0 Å². The first kappa shape index (κ1) is 14.8. The maximum absolute atomic E-state index is 12.9. The zero-order chi connectivity index (χ0) is 14.9. The summed E-state index contributed by atoms with van der Waals surface area (Å²) in [7, 11) is -3.47. The number of aliphatic hydroxyl groups is 1. The molecule has 5 nitrogen and oxygen atoms in total. The van der Waals surface area contributed by atoms with Gasteiger partial charge in [0.05, 0.1) is 4.90 Å². The Morgan fingerprint density at radius 2 is 2.19 bits per heavy atom. The number of piperidine rings is 1. The Labute approximate surface area is 126 Å². The number of hydrogen-bond donors (Lipinski definition) is 2. The maximum Gasteiger partial charge on any atom is 0.243 e. The Morgan fingerprint density at radius 3 is 3.00 bits per heavy atom. The number of benzene rings is 1. The molecule has 6 heteroatoms. The fraction of sp³-hybridized carbons (Fsp3) is 0.600. The fourth-order valence-electron chi connectivity index (χ4n) is 3.29. The predicted octanol–water partition coefficient (Wildman–Crippen LogP) is 1.58. The highest BCUT2D eigenvalue weighted by molar-refractivity contribution is 7.89. The summed E-state index contributed by atoms with van der Waals surface area (Å²) >= 11 is 0. The molecular weight excluding hydrogens is 288 g/mol. The van der Waals surface area contributed by atoms with Crippen LogP contribution in [0.15, 0.2) is 23.1 Å². The predicted molar refractivity (Wildman–Crippen MR) is 81.9 cm³/mol. The zero-order valence-corrected chi connectivity index (χ0v) is 12.9. The smallest absolute Gasteiger partial charge is 0.243 e. The van der Waals surface area contributed by atoms with Crippen LogP contribution in [0.3, 0.4) is 0 Å². The Kier molecular flexibility index (Phi) is 4.19. The molecule has 1 saturated heterocycles. The van der Waals surface area contributed by atoms with Crippen molar-refractivity contribution in [3.05, 3.63) is 23.8 Å². The lowest BCUT2D eigenvalue weighted by Crippen LogP contribution is -2.44. The van der Waals surface area contributed by atoms with E-state index in [1.165, 1.54) is 5.56 Å². The topological polar surface area (TPSA) is 69.6 Å². The van der Waals surface area contributed by atoms with Crippen LogP contribution in [0.5, 0.6) is 0 Å². The Hall–Kier alpha value is -1.11. The highest BCUT2D eigenvalue weighted by Crippen LogP contribution is 2.30. The van der Waals surface area contributed by atoms with E-state index in [1.807, 2.05) is 6.07 Å². The van der Waals surface area contributed by atoms with E-state index in [9.17, 15) is 8.42 Å². The molecule has 2 aliphatic rings.